The third-order valence-corrected chi connectivity index (χ3v) is 5.20. The molecule has 154 valence electrons. The lowest BCUT2D eigenvalue weighted by Gasteiger charge is -2.36. The molecule has 0 fully saturated rings. The van der Waals surface area contributed by atoms with Crippen molar-refractivity contribution in [2.75, 3.05) is 25.5 Å². The average molecular weight is 404 g/mol. The van der Waals surface area contributed by atoms with Gasteiger partial charge in [0.25, 0.3) is 0 Å². The third kappa shape index (κ3) is 4.36. The quantitative estimate of drug-likeness (QED) is 0.685. The number of imide groups is 1. The van der Waals surface area contributed by atoms with Gasteiger partial charge in [-0.25, -0.2) is 4.79 Å². The zero-order valence-corrected chi connectivity index (χ0v) is 16.7. The zero-order chi connectivity index (χ0) is 20.9. The molecule has 1 unspecified atom stereocenters. The van der Waals surface area contributed by atoms with E-state index in [1.54, 1.807) is 31.4 Å². The number of fused-ring (bicyclic) bond motifs is 1. The van der Waals surface area contributed by atoms with Gasteiger partial charge in [0.15, 0.2) is 0 Å². The second-order valence-corrected chi connectivity index (χ2v) is 7.14. The van der Waals surface area contributed by atoms with Crippen molar-refractivity contribution in [3.05, 3.63) is 84.2 Å². The first-order valence-corrected chi connectivity index (χ1v) is 9.83. The van der Waals surface area contributed by atoms with Crippen molar-refractivity contribution >= 4 is 17.6 Å². The van der Waals surface area contributed by atoms with Gasteiger partial charge >= 0.3 is 6.03 Å². The largest absolute Gasteiger partial charge is 0.497 e. The van der Waals surface area contributed by atoms with Crippen molar-refractivity contribution in [2.24, 2.45) is 0 Å². The highest BCUT2D eigenvalue weighted by Gasteiger charge is 2.30. The fourth-order valence-electron chi connectivity index (χ4n) is 3.81. The molecule has 0 aliphatic carbocycles. The zero-order valence-electron chi connectivity index (χ0n) is 16.7. The van der Waals surface area contributed by atoms with Crippen LogP contribution in [0.15, 0.2) is 72.9 Å². The normalized spacial score (nSPS) is 15.8. The lowest BCUT2D eigenvalue weighted by Crippen LogP contribution is -2.46. The molecule has 1 aromatic heterocycles. The standard InChI is InChI=1S/C23H24N4O3/c1-30-19-11-9-18(10-12-19)24-23(29)25-21(28)16-27-15-14-26-13-5-8-20(26)22(27)17-6-3-2-4-7-17/h2-13,22H,14-16H2,1H3,(H2,24,25,28,29). The molecule has 4 rings (SSSR count). The van der Waals surface area contributed by atoms with Gasteiger partial charge in [-0.1, -0.05) is 30.3 Å². The fourth-order valence-corrected chi connectivity index (χ4v) is 3.81. The summed E-state index contributed by atoms with van der Waals surface area (Å²) in [4.78, 5) is 26.9. The first-order chi connectivity index (χ1) is 14.6. The summed E-state index contributed by atoms with van der Waals surface area (Å²) >= 11 is 0. The summed E-state index contributed by atoms with van der Waals surface area (Å²) in [5.41, 5.74) is 2.84. The van der Waals surface area contributed by atoms with Crippen LogP contribution in [0.2, 0.25) is 0 Å². The van der Waals surface area contributed by atoms with Crippen LogP contribution < -0.4 is 15.4 Å². The van der Waals surface area contributed by atoms with Gasteiger partial charge in [0.1, 0.15) is 5.75 Å². The Morgan fingerprint density at radius 3 is 2.50 bits per heavy atom. The van der Waals surface area contributed by atoms with E-state index in [0.717, 1.165) is 24.3 Å². The molecule has 0 spiro atoms. The van der Waals surface area contributed by atoms with Gasteiger partial charge in [-0.2, -0.15) is 0 Å². The molecule has 0 radical (unpaired) electrons. The Balaban J connectivity index is 1.42. The number of nitrogens with zero attached hydrogens (tertiary/aromatic N) is 2. The number of rotatable bonds is 5. The minimum absolute atomic E-state index is 0.0367. The number of benzene rings is 2. The highest BCUT2D eigenvalue weighted by Crippen LogP contribution is 2.31. The molecule has 3 aromatic rings. The number of ether oxygens (including phenoxy) is 1. The van der Waals surface area contributed by atoms with Crippen LogP contribution >= 0.6 is 0 Å². The fraction of sp³-hybridized carbons (Fsp3) is 0.217. The number of anilines is 1. The summed E-state index contributed by atoms with van der Waals surface area (Å²) in [7, 11) is 1.58. The maximum Gasteiger partial charge on any atom is 0.325 e. The maximum absolute atomic E-state index is 12.6. The Kier molecular flexibility index (Phi) is 5.81. The van der Waals surface area contributed by atoms with E-state index in [0.29, 0.717) is 11.4 Å². The maximum atomic E-state index is 12.6. The first kappa shape index (κ1) is 19.7. The number of aromatic nitrogens is 1. The summed E-state index contributed by atoms with van der Waals surface area (Å²) in [5, 5.41) is 5.09. The van der Waals surface area contributed by atoms with Gasteiger partial charge in [-0.15, -0.1) is 0 Å². The van der Waals surface area contributed by atoms with Crippen molar-refractivity contribution in [1.82, 2.24) is 14.8 Å². The average Bonchev–Trinajstić information content (AvgIpc) is 3.23. The van der Waals surface area contributed by atoms with E-state index in [2.05, 4.69) is 44.5 Å². The Morgan fingerprint density at radius 2 is 1.77 bits per heavy atom. The smallest absolute Gasteiger partial charge is 0.325 e. The molecule has 1 aliphatic heterocycles. The summed E-state index contributed by atoms with van der Waals surface area (Å²) in [5.74, 6) is 0.348. The van der Waals surface area contributed by atoms with E-state index >= 15 is 0 Å². The minimum Gasteiger partial charge on any atom is -0.497 e. The van der Waals surface area contributed by atoms with E-state index in [1.807, 2.05) is 24.3 Å². The van der Waals surface area contributed by atoms with Crippen LogP contribution in [0.5, 0.6) is 5.75 Å². The molecule has 2 N–H and O–H groups in total. The Morgan fingerprint density at radius 1 is 1.00 bits per heavy atom. The summed E-state index contributed by atoms with van der Waals surface area (Å²) in [6.45, 7) is 1.65. The first-order valence-electron chi connectivity index (χ1n) is 9.83. The molecule has 7 heteroatoms. The summed E-state index contributed by atoms with van der Waals surface area (Å²) in [6.07, 6.45) is 2.06. The molecule has 2 aromatic carbocycles. The second kappa shape index (κ2) is 8.84. The Bertz CT molecular complexity index is 1010. The highest BCUT2D eigenvalue weighted by molar-refractivity contribution is 6.01. The van der Waals surface area contributed by atoms with Gasteiger partial charge in [-0.3, -0.25) is 15.0 Å². The SMILES string of the molecule is COc1ccc(NC(=O)NC(=O)CN2CCn3cccc3C2c2ccccc2)cc1. The number of hydrogen-bond acceptors (Lipinski definition) is 4. The molecule has 30 heavy (non-hydrogen) atoms. The molecule has 2 heterocycles. The van der Waals surface area contributed by atoms with Crippen LogP contribution in [0.25, 0.3) is 0 Å². The number of amides is 3. The van der Waals surface area contributed by atoms with Crippen molar-refractivity contribution in [3.63, 3.8) is 0 Å². The second-order valence-electron chi connectivity index (χ2n) is 7.14. The van der Waals surface area contributed by atoms with E-state index in [-0.39, 0.29) is 18.5 Å². The molecular weight excluding hydrogens is 380 g/mol. The summed E-state index contributed by atoms with van der Waals surface area (Å²) in [6, 6.07) is 20.5. The highest BCUT2D eigenvalue weighted by atomic mass is 16.5. The van der Waals surface area contributed by atoms with Crippen LogP contribution in [0.1, 0.15) is 17.3 Å². The van der Waals surface area contributed by atoms with Crippen molar-refractivity contribution in [1.29, 1.82) is 0 Å². The number of methoxy groups -OCH3 is 1. The number of hydrogen-bond donors (Lipinski definition) is 2. The molecule has 7 nitrogen and oxygen atoms in total. The molecular formula is C23H24N4O3. The molecule has 0 saturated carbocycles. The van der Waals surface area contributed by atoms with E-state index in [1.165, 1.54) is 0 Å². The minimum atomic E-state index is -0.554. The van der Waals surface area contributed by atoms with Crippen molar-refractivity contribution in [3.8, 4) is 5.75 Å². The predicted molar refractivity (Wildman–Crippen MR) is 114 cm³/mol. The third-order valence-electron chi connectivity index (χ3n) is 5.20. The number of carbonyl (C=O) groups is 2. The van der Waals surface area contributed by atoms with Crippen LogP contribution in [0.4, 0.5) is 10.5 Å². The van der Waals surface area contributed by atoms with E-state index < -0.39 is 6.03 Å². The number of nitrogens with one attached hydrogen (secondary N) is 2. The van der Waals surface area contributed by atoms with Gasteiger partial charge in [0, 0.05) is 30.7 Å². The number of carbonyl (C=O) groups excluding carboxylic acids is 2. The van der Waals surface area contributed by atoms with Gasteiger partial charge in [-0.05, 0) is 42.0 Å². The molecule has 1 aliphatic rings. The lowest BCUT2D eigenvalue weighted by atomic mass is 10.00. The Hall–Kier alpha value is -3.58. The van der Waals surface area contributed by atoms with Crippen LogP contribution in [0, 0.1) is 0 Å². The monoisotopic (exact) mass is 404 g/mol. The molecule has 1 atom stereocenters. The lowest BCUT2D eigenvalue weighted by molar-refractivity contribution is -0.121. The van der Waals surface area contributed by atoms with Crippen molar-refractivity contribution < 1.29 is 14.3 Å². The van der Waals surface area contributed by atoms with Crippen LogP contribution in [0.3, 0.4) is 0 Å². The topological polar surface area (TPSA) is 75.6 Å². The number of urea groups is 1. The molecule has 3 amide bonds. The van der Waals surface area contributed by atoms with Crippen molar-refractivity contribution in [2.45, 2.75) is 12.6 Å². The predicted octanol–water partition coefficient (Wildman–Crippen LogP) is 3.25. The van der Waals surface area contributed by atoms with Gasteiger partial charge in [0.05, 0.1) is 19.7 Å². The van der Waals surface area contributed by atoms with E-state index in [4.69, 9.17) is 4.74 Å². The summed E-state index contributed by atoms with van der Waals surface area (Å²) < 4.78 is 7.31. The van der Waals surface area contributed by atoms with Crippen LogP contribution in [-0.4, -0.2) is 41.6 Å². The molecule has 0 saturated heterocycles. The van der Waals surface area contributed by atoms with E-state index in [9.17, 15) is 9.59 Å². The van der Waals surface area contributed by atoms with Crippen LogP contribution in [-0.2, 0) is 11.3 Å². The van der Waals surface area contributed by atoms with Gasteiger partial charge < -0.3 is 14.6 Å². The Labute approximate surface area is 175 Å². The van der Waals surface area contributed by atoms with Gasteiger partial charge in [0.2, 0.25) is 5.91 Å². The molecule has 0 bridgehead atoms.